The van der Waals surface area contributed by atoms with Gasteiger partial charge in [-0.1, -0.05) is 18.2 Å². The number of benzene rings is 1. The van der Waals surface area contributed by atoms with E-state index in [-0.39, 0.29) is 18.1 Å². The number of amides is 1. The highest BCUT2D eigenvalue weighted by molar-refractivity contribution is 5.82. The first-order valence-electron chi connectivity index (χ1n) is 9.20. The lowest BCUT2D eigenvalue weighted by molar-refractivity contribution is -0.133. The van der Waals surface area contributed by atoms with Crippen LogP contribution in [0.2, 0.25) is 0 Å². The number of nitrogens with zero attached hydrogens (tertiary/aromatic N) is 4. The summed E-state index contributed by atoms with van der Waals surface area (Å²) in [7, 11) is 1.74. The van der Waals surface area contributed by atoms with Crippen LogP contribution >= 0.6 is 0 Å². The van der Waals surface area contributed by atoms with Gasteiger partial charge in [0.05, 0.1) is 17.8 Å². The molecule has 134 valence electrons. The maximum atomic E-state index is 13.0. The van der Waals surface area contributed by atoms with Gasteiger partial charge in [-0.3, -0.25) is 9.48 Å². The van der Waals surface area contributed by atoms with E-state index in [1.54, 1.807) is 7.11 Å². The number of para-hydroxylation sites is 1. The Morgan fingerprint density at radius 2 is 2.08 bits per heavy atom. The Bertz CT molecular complexity index is 738. The van der Waals surface area contributed by atoms with Crippen molar-refractivity contribution in [2.75, 3.05) is 33.3 Å². The zero-order valence-corrected chi connectivity index (χ0v) is 14.8. The number of methoxy groups -OCH3 is 1. The second-order valence-corrected chi connectivity index (χ2v) is 7.16. The quantitative estimate of drug-likeness (QED) is 0.831. The van der Waals surface area contributed by atoms with Gasteiger partial charge in [0.1, 0.15) is 6.54 Å². The molecule has 25 heavy (non-hydrogen) atoms. The number of rotatable bonds is 5. The molecule has 0 N–H and O–H groups in total. The van der Waals surface area contributed by atoms with Crippen LogP contribution in [-0.2, 0) is 16.1 Å². The summed E-state index contributed by atoms with van der Waals surface area (Å²) in [5, 5.41) is 5.47. The van der Waals surface area contributed by atoms with Crippen LogP contribution < -0.4 is 0 Å². The molecule has 2 aliphatic heterocycles. The van der Waals surface area contributed by atoms with Crippen LogP contribution in [0.3, 0.4) is 0 Å². The molecule has 0 radical (unpaired) electrons. The van der Waals surface area contributed by atoms with E-state index in [9.17, 15) is 4.79 Å². The van der Waals surface area contributed by atoms with Crippen molar-refractivity contribution < 1.29 is 9.53 Å². The average molecular weight is 342 g/mol. The summed E-state index contributed by atoms with van der Waals surface area (Å²) in [6.45, 7) is 4.25. The molecule has 6 heteroatoms. The van der Waals surface area contributed by atoms with Gasteiger partial charge in [0.15, 0.2) is 0 Å². The fraction of sp³-hybridized carbons (Fsp3) is 0.579. The Kier molecular flexibility index (Phi) is 4.72. The van der Waals surface area contributed by atoms with E-state index >= 15 is 0 Å². The summed E-state index contributed by atoms with van der Waals surface area (Å²) in [6.07, 6.45) is 5.44. The van der Waals surface area contributed by atoms with Crippen LogP contribution in [0.4, 0.5) is 0 Å². The number of aromatic nitrogens is 2. The van der Waals surface area contributed by atoms with Gasteiger partial charge in [0.25, 0.3) is 0 Å². The molecular formula is C19H26N4O2. The Labute approximate surface area is 148 Å². The van der Waals surface area contributed by atoms with E-state index in [1.165, 1.54) is 12.8 Å². The van der Waals surface area contributed by atoms with Crippen LogP contribution in [0.1, 0.15) is 19.3 Å². The molecule has 2 saturated heterocycles. The highest BCUT2D eigenvalue weighted by atomic mass is 16.5. The maximum absolute atomic E-state index is 13.0. The number of likely N-dealkylation sites (tertiary alicyclic amines) is 2. The van der Waals surface area contributed by atoms with Crippen molar-refractivity contribution >= 4 is 16.8 Å². The standard InChI is InChI=1S/C19H26N4O2/c1-25-17-10-16(12-21-8-4-5-9-21)22(13-17)19(24)14-23-18-7-3-2-6-15(18)11-20-23/h2-3,6-7,11,16-17H,4-5,8-10,12-14H2,1H3/t16-,17-/m0/s1. The van der Waals surface area contributed by atoms with E-state index < -0.39 is 0 Å². The van der Waals surface area contributed by atoms with Crippen molar-refractivity contribution in [3.05, 3.63) is 30.5 Å². The van der Waals surface area contributed by atoms with E-state index in [4.69, 9.17) is 4.74 Å². The summed E-state index contributed by atoms with van der Waals surface area (Å²) in [6, 6.07) is 8.26. The van der Waals surface area contributed by atoms with Crippen molar-refractivity contribution in [2.45, 2.75) is 38.0 Å². The number of carbonyl (C=O) groups excluding carboxylic acids is 1. The third kappa shape index (κ3) is 3.41. The molecule has 0 unspecified atom stereocenters. The molecule has 6 nitrogen and oxygen atoms in total. The molecule has 3 heterocycles. The molecule has 1 aromatic heterocycles. The SMILES string of the molecule is CO[C@H]1C[C@@H](CN2CCCC2)N(C(=O)Cn2ncc3ccccc32)C1. The average Bonchev–Trinajstić information content (AvgIpc) is 3.36. The van der Waals surface area contributed by atoms with Crippen molar-refractivity contribution in [1.82, 2.24) is 19.6 Å². The predicted molar refractivity (Wildman–Crippen MR) is 96.3 cm³/mol. The van der Waals surface area contributed by atoms with Crippen molar-refractivity contribution in [3.8, 4) is 0 Å². The van der Waals surface area contributed by atoms with Gasteiger partial charge in [0.2, 0.25) is 5.91 Å². The van der Waals surface area contributed by atoms with Gasteiger partial charge in [-0.15, -0.1) is 0 Å². The summed E-state index contributed by atoms with van der Waals surface area (Å²) in [5.74, 6) is 0.137. The molecule has 1 aromatic carbocycles. The van der Waals surface area contributed by atoms with Gasteiger partial charge < -0.3 is 14.5 Å². The second kappa shape index (κ2) is 7.14. The first-order chi connectivity index (χ1) is 12.2. The minimum Gasteiger partial charge on any atom is -0.380 e. The Morgan fingerprint density at radius 3 is 2.88 bits per heavy atom. The lowest BCUT2D eigenvalue weighted by Crippen LogP contribution is -2.44. The lowest BCUT2D eigenvalue weighted by Gasteiger charge is -2.28. The third-order valence-electron chi connectivity index (χ3n) is 5.53. The van der Waals surface area contributed by atoms with E-state index in [0.29, 0.717) is 13.1 Å². The molecule has 4 rings (SSSR count). The number of carbonyl (C=O) groups is 1. The highest BCUT2D eigenvalue weighted by Crippen LogP contribution is 2.23. The van der Waals surface area contributed by atoms with Gasteiger partial charge in [0, 0.05) is 31.6 Å². The summed E-state index contributed by atoms with van der Waals surface area (Å²) < 4.78 is 7.37. The zero-order chi connectivity index (χ0) is 17.2. The van der Waals surface area contributed by atoms with Crippen LogP contribution in [-0.4, -0.2) is 70.9 Å². The Balaban J connectivity index is 1.48. The van der Waals surface area contributed by atoms with Crippen molar-refractivity contribution in [1.29, 1.82) is 0 Å². The fourth-order valence-electron chi connectivity index (χ4n) is 4.16. The number of hydrogen-bond donors (Lipinski definition) is 0. The first-order valence-corrected chi connectivity index (χ1v) is 9.20. The summed E-state index contributed by atoms with van der Waals surface area (Å²) in [5.41, 5.74) is 1.01. The Hall–Kier alpha value is -1.92. The summed E-state index contributed by atoms with van der Waals surface area (Å²) in [4.78, 5) is 17.5. The lowest BCUT2D eigenvalue weighted by atomic mass is 10.2. The van der Waals surface area contributed by atoms with Crippen LogP contribution in [0, 0.1) is 0 Å². The molecule has 2 atom stereocenters. The van der Waals surface area contributed by atoms with Gasteiger partial charge in [-0.2, -0.15) is 5.10 Å². The molecule has 0 spiro atoms. The van der Waals surface area contributed by atoms with Crippen LogP contribution in [0.15, 0.2) is 30.5 Å². The monoisotopic (exact) mass is 342 g/mol. The molecule has 2 aromatic rings. The minimum atomic E-state index is 0.137. The van der Waals surface area contributed by atoms with Gasteiger partial charge in [-0.05, 0) is 38.4 Å². The number of fused-ring (bicyclic) bond motifs is 1. The largest absolute Gasteiger partial charge is 0.380 e. The maximum Gasteiger partial charge on any atom is 0.244 e. The smallest absolute Gasteiger partial charge is 0.244 e. The molecule has 2 aliphatic rings. The molecule has 0 aliphatic carbocycles. The predicted octanol–water partition coefficient (Wildman–Crippen LogP) is 1.75. The minimum absolute atomic E-state index is 0.137. The summed E-state index contributed by atoms with van der Waals surface area (Å²) >= 11 is 0. The van der Waals surface area contributed by atoms with E-state index in [2.05, 4.69) is 10.00 Å². The topological polar surface area (TPSA) is 50.6 Å². The van der Waals surface area contributed by atoms with E-state index in [1.807, 2.05) is 40.0 Å². The molecular weight excluding hydrogens is 316 g/mol. The number of ether oxygens (including phenoxy) is 1. The second-order valence-electron chi connectivity index (χ2n) is 7.16. The fourth-order valence-corrected chi connectivity index (χ4v) is 4.16. The van der Waals surface area contributed by atoms with Crippen LogP contribution in [0.5, 0.6) is 0 Å². The molecule has 0 bridgehead atoms. The normalized spacial score (nSPS) is 24.4. The third-order valence-corrected chi connectivity index (χ3v) is 5.53. The van der Waals surface area contributed by atoms with Crippen LogP contribution in [0.25, 0.3) is 10.9 Å². The molecule has 1 amide bonds. The van der Waals surface area contributed by atoms with Gasteiger partial charge in [-0.25, -0.2) is 0 Å². The van der Waals surface area contributed by atoms with Gasteiger partial charge >= 0.3 is 0 Å². The molecule has 0 saturated carbocycles. The first kappa shape index (κ1) is 16.5. The zero-order valence-electron chi connectivity index (χ0n) is 14.8. The molecule has 2 fully saturated rings. The highest BCUT2D eigenvalue weighted by Gasteiger charge is 2.36. The van der Waals surface area contributed by atoms with Crippen molar-refractivity contribution in [2.24, 2.45) is 0 Å². The Morgan fingerprint density at radius 1 is 1.28 bits per heavy atom. The van der Waals surface area contributed by atoms with E-state index in [0.717, 1.165) is 37.0 Å². The van der Waals surface area contributed by atoms with Crippen molar-refractivity contribution in [3.63, 3.8) is 0 Å². The number of hydrogen-bond acceptors (Lipinski definition) is 4.